The van der Waals surface area contributed by atoms with Gasteiger partial charge in [0.1, 0.15) is 17.2 Å². The van der Waals surface area contributed by atoms with Crippen molar-refractivity contribution >= 4 is 17.4 Å². The maximum Gasteiger partial charge on any atom is 0.256 e. The van der Waals surface area contributed by atoms with Crippen molar-refractivity contribution in [2.24, 2.45) is 0 Å². The van der Waals surface area contributed by atoms with Gasteiger partial charge in [-0.3, -0.25) is 4.79 Å². The molecule has 2 aromatic carbocycles. The summed E-state index contributed by atoms with van der Waals surface area (Å²) < 4.78 is 14.2. The molecule has 0 aliphatic carbocycles. The lowest BCUT2D eigenvalue weighted by molar-refractivity contribution is 0.0953. The molecule has 0 bridgehead atoms. The Hall–Kier alpha value is -3.48. The second-order valence-electron chi connectivity index (χ2n) is 7.98. The molecule has 0 saturated carbocycles. The van der Waals surface area contributed by atoms with Crippen molar-refractivity contribution in [2.75, 3.05) is 42.5 Å². The third kappa shape index (κ3) is 4.72. The van der Waals surface area contributed by atoms with Crippen LogP contribution in [0.2, 0.25) is 0 Å². The van der Waals surface area contributed by atoms with Gasteiger partial charge in [-0.15, -0.1) is 0 Å². The summed E-state index contributed by atoms with van der Waals surface area (Å²) in [5.74, 6) is 0.819. The van der Waals surface area contributed by atoms with Crippen LogP contribution in [0, 0.1) is 12.7 Å². The van der Waals surface area contributed by atoms with Crippen LogP contribution in [0.3, 0.4) is 0 Å². The fraction of sp³-hybridized carbons (Fsp3) is 0.320. The van der Waals surface area contributed by atoms with E-state index >= 15 is 0 Å². The van der Waals surface area contributed by atoms with Crippen LogP contribution >= 0.6 is 0 Å². The van der Waals surface area contributed by atoms with Crippen LogP contribution in [0.4, 0.5) is 15.9 Å². The number of piperazine rings is 1. The zero-order valence-electron chi connectivity index (χ0n) is 18.5. The molecule has 1 aliphatic heterocycles. The quantitative estimate of drug-likeness (QED) is 0.635. The van der Waals surface area contributed by atoms with Gasteiger partial charge in [-0.05, 0) is 25.5 Å². The number of rotatable bonds is 6. The van der Waals surface area contributed by atoms with E-state index < -0.39 is 0 Å². The summed E-state index contributed by atoms with van der Waals surface area (Å²) in [6, 6.07) is 14.8. The fourth-order valence-corrected chi connectivity index (χ4v) is 3.82. The van der Waals surface area contributed by atoms with Crippen molar-refractivity contribution < 1.29 is 9.18 Å². The first kappa shape index (κ1) is 21.7. The zero-order chi connectivity index (χ0) is 22.5. The van der Waals surface area contributed by atoms with E-state index in [-0.39, 0.29) is 11.7 Å². The molecule has 0 atom stereocenters. The van der Waals surface area contributed by atoms with Gasteiger partial charge < -0.3 is 15.1 Å². The molecule has 1 aromatic heterocycles. The Bertz CT molecular complexity index is 1080. The number of amides is 1. The summed E-state index contributed by atoms with van der Waals surface area (Å²) in [5, 5.41) is 2.93. The molecule has 7 heteroatoms. The molecule has 32 heavy (non-hydrogen) atoms. The first-order chi connectivity index (χ1) is 15.6. The number of carbonyl (C=O) groups excluding carboxylic acids is 1. The molecule has 0 spiro atoms. The minimum Gasteiger partial charge on any atom is -0.366 e. The van der Waals surface area contributed by atoms with Gasteiger partial charge in [0.2, 0.25) is 0 Å². The van der Waals surface area contributed by atoms with Gasteiger partial charge in [0.15, 0.2) is 5.82 Å². The standard InChI is InChI=1S/C25H28FN5O/c1-3-12-27-25(32)20-17-28-23(19-10-8-18(2)9-11-19)29-24(20)31-15-13-30(14-16-31)22-7-5-4-6-21(22)26/h4-11,17H,3,12-16H2,1-2H3,(H,27,32). The van der Waals surface area contributed by atoms with Crippen molar-refractivity contribution in [3.05, 3.63) is 71.7 Å². The maximum absolute atomic E-state index is 14.2. The lowest BCUT2D eigenvalue weighted by Gasteiger charge is -2.37. The molecule has 1 aliphatic rings. The largest absolute Gasteiger partial charge is 0.366 e. The lowest BCUT2D eigenvalue weighted by Crippen LogP contribution is -2.47. The minimum absolute atomic E-state index is 0.172. The van der Waals surface area contributed by atoms with Gasteiger partial charge in [-0.25, -0.2) is 14.4 Å². The van der Waals surface area contributed by atoms with Crippen molar-refractivity contribution in [3.63, 3.8) is 0 Å². The van der Waals surface area contributed by atoms with Crippen LogP contribution in [0.15, 0.2) is 54.7 Å². The Morgan fingerprint density at radius 2 is 1.72 bits per heavy atom. The maximum atomic E-state index is 14.2. The molecule has 0 unspecified atom stereocenters. The highest BCUT2D eigenvalue weighted by Crippen LogP contribution is 2.26. The Kier molecular flexibility index (Phi) is 6.63. The first-order valence-corrected chi connectivity index (χ1v) is 11.0. The minimum atomic E-state index is -0.218. The number of nitrogens with zero attached hydrogens (tertiary/aromatic N) is 4. The summed E-state index contributed by atoms with van der Waals surface area (Å²) in [5.41, 5.74) is 3.14. The zero-order valence-corrected chi connectivity index (χ0v) is 18.5. The molecule has 4 rings (SSSR count). The van der Waals surface area contributed by atoms with Crippen molar-refractivity contribution in [3.8, 4) is 11.4 Å². The van der Waals surface area contributed by atoms with Crippen LogP contribution in [-0.4, -0.2) is 48.6 Å². The number of para-hydroxylation sites is 1. The van der Waals surface area contributed by atoms with Crippen molar-refractivity contribution in [1.29, 1.82) is 0 Å². The molecule has 6 nitrogen and oxygen atoms in total. The highest BCUT2D eigenvalue weighted by Gasteiger charge is 2.25. The van der Waals surface area contributed by atoms with E-state index in [9.17, 15) is 9.18 Å². The summed E-state index contributed by atoms with van der Waals surface area (Å²) >= 11 is 0. The molecule has 2 heterocycles. The van der Waals surface area contributed by atoms with Gasteiger partial charge in [0.25, 0.3) is 5.91 Å². The molecule has 1 fully saturated rings. The van der Waals surface area contributed by atoms with Crippen molar-refractivity contribution in [2.45, 2.75) is 20.3 Å². The second kappa shape index (κ2) is 9.77. The normalized spacial score (nSPS) is 13.8. The number of benzene rings is 2. The van der Waals surface area contributed by atoms with E-state index in [0.29, 0.717) is 55.6 Å². The fourth-order valence-electron chi connectivity index (χ4n) is 3.82. The molecular formula is C25H28FN5O. The van der Waals surface area contributed by atoms with Gasteiger partial charge >= 0.3 is 0 Å². The smallest absolute Gasteiger partial charge is 0.256 e. The molecule has 1 amide bonds. The highest BCUT2D eigenvalue weighted by molar-refractivity contribution is 5.99. The lowest BCUT2D eigenvalue weighted by atomic mass is 10.1. The first-order valence-electron chi connectivity index (χ1n) is 11.0. The number of aromatic nitrogens is 2. The van der Waals surface area contributed by atoms with E-state index in [1.54, 1.807) is 18.3 Å². The molecule has 1 N–H and O–H groups in total. The van der Waals surface area contributed by atoms with Crippen LogP contribution in [0.25, 0.3) is 11.4 Å². The van der Waals surface area contributed by atoms with Gasteiger partial charge in [0, 0.05) is 44.5 Å². The summed E-state index contributed by atoms with van der Waals surface area (Å²) in [4.78, 5) is 26.2. The van der Waals surface area contributed by atoms with Crippen LogP contribution < -0.4 is 15.1 Å². The third-order valence-electron chi connectivity index (χ3n) is 5.63. The molecular weight excluding hydrogens is 405 g/mol. The van der Waals surface area contributed by atoms with Gasteiger partial charge in [0.05, 0.1) is 5.69 Å². The Labute approximate surface area is 188 Å². The highest BCUT2D eigenvalue weighted by atomic mass is 19.1. The monoisotopic (exact) mass is 433 g/mol. The van der Waals surface area contributed by atoms with Crippen LogP contribution in [-0.2, 0) is 0 Å². The molecule has 166 valence electrons. The predicted octanol–water partition coefficient (Wildman–Crippen LogP) is 4.06. The summed E-state index contributed by atoms with van der Waals surface area (Å²) in [6.45, 7) is 7.19. The molecule has 3 aromatic rings. The van der Waals surface area contributed by atoms with E-state index in [1.165, 1.54) is 6.07 Å². The Morgan fingerprint density at radius 1 is 1.03 bits per heavy atom. The van der Waals surface area contributed by atoms with E-state index in [4.69, 9.17) is 4.98 Å². The molecule has 0 radical (unpaired) electrons. The number of carbonyl (C=O) groups is 1. The summed E-state index contributed by atoms with van der Waals surface area (Å²) in [6.07, 6.45) is 2.47. The van der Waals surface area contributed by atoms with Gasteiger partial charge in [-0.2, -0.15) is 0 Å². The van der Waals surface area contributed by atoms with Gasteiger partial charge in [-0.1, -0.05) is 48.9 Å². The van der Waals surface area contributed by atoms with E-state index in [1.807, 2.05) is 49.1 Å². The topological polar surface area (TPSA) is 61.4 Å². The SMILES string of the molecule is CCCNC(=O)c1cnc(-c2ccc(C)cc2)nc1N1CCN(c2ccccc2F)CC1. The van der Waals surface area contributed by atoms with Crippen LogP contribution in [0.1, 0.15) is 29.3 Å². The molecule has 1 saturated heterocycles. The average Bonchev–Trinajstić information content (AvgIpc) is 2.83. The number of halogens is 1. The Morgan fingerprint density at radius 3 is 2.41 bits per heavy atom. The number of hydrogen-bond acceptors (Lipinski definition) is 5. The number of hydrogen-bond donors (Lipinski definition) is 1. The van der Waals surface area contributed by atoms with E-state index in [0.717, 1.165) is 17.5 Å². The van der Waals surface area contributed by atoms with Crippen LogP contribution in [0.5, 0.6) is 0 Å². The third-order valence-corrected chi connectivity index (χ3v) is 5.63. The average molecular weight is 434 g/mol. The predicted molar refractivity (Wildman–Crippen MR) is 126 cm³/mol. The van der Waals surface area contributed by atoms with E-state index in [2.05, 4.69) is 15.2 Å². The second-order valence-corrected chi connectivity index (χ2v) is 7.98. The summed E-state index contributed by atoms with van der Waals surface area (Å²) in [7, 11) is 0. The number of aryl methyl sites for hydroxylation is 1. The van der Waals surface area contributed by atoms with Crippen molar-refractivity contribution in [1.82, 2.24) is 15.3 Å². The Balaban J connectivity index is 1.61. The number of anilines is 2. The number of nitrogens with one attached hydrogen (secondary N) is 1.